The van der Waals surface area contributed by atoms with Crippen LogP contribution in [0.4, 0.5) is 0 Å². The molecule has 1 amide bonds. The van der Waals surface area contributed by atoms with Gasteiger partial charge in [0, 0.05) is 14.5 Å². The van der Waals surface area contributed by atoms with Crippen LogP contribution >= 0.6 is 43.5 Å². The summed E-state index contributed by atoms with van der Waals surface area (Å²) in [4.78, 5) is 11.9. The number of rotatable bonds is 3. The molecule has 2 aromatic carbocycles. The van der Waals surface area contributed by atoms with E-state index in [-0.39, 0.29) is 16.7 Å². The molecular formula is C14H9Br2ClN2O2. The van der Waals surface area contributed by atoms with Crippen molar-refractivity contribution < 1.29 is 9.90 Å². The maximum atomic E-state index is 11.9. The first kappa shape index (κ1) is 16.0. The Labute approximate surface area is 143 Å². The van der Waals surface area contributed by atoms with Gasteiger partial charge in [-0.1, -0.05) is 39.7 Å². The van der Waals surface area contributed by atoms with E-state index in [0.717, 1.165) is 0 Å². The lowest BCUT2D eigenvalue weighted by atomic mass is 10.2. The van der Waals surface area contributed by atoms with Gasteiger partial charge in [0.1, 0.15) is 5.75 Å². The predicted octanol–water partition coefficient (Wildman–Crippen LogP) is 4.33. The maximum Gasteiger partial charge on any atom is 0.272 e. The topological polar surface area (TPSA) is 61.7 Å². The highest BCUT2D eigenvalue weighted by Gasteiger charge is 2.08. The summed E-state index contributed by atoms with van der Waals surface area (Å²) in [7, 11) is 0. The number of carbonyl (C=O) groups is 1. The third kappa shape index (κ3) is 4.06. The minimum Gasteiger partial charge on any atom is -0.506 e. The molecule has 0 fully saturated rings. The standard InChI is InChI=1S/C14H9Br2ClN2O2/c15-9-5-8(13(20)12(17)6-9)7-18-19-14(21)10-3-1-2-4-11(10)16/h1-7,20H,(H,19,21)/b18-7-. The number of benzene rings is 2. The normalized spacial score (nSPS) is 10.8. The molecule has 0 aliphatic carbocycles. The second kappa shape index (κ2) is 7.06. The van der Waals surface area contributed by atoms with Crippen LogP contribution in [0.5, 0.6) is 5.75 Å². The van der Waals surface area contributed by atoms with Gasteiger partial charge >= 0.3 is 0 Å². The van der Waals surface area contributed by atoms with Crippen LogP contribution < -0.4 is 5.43 Å². The predicted molar refractivity (Wildman–Crippen MR) is 90.0 cm³/mol. The van der Waals surface area contributed by atoms with Crippen molar-refractivity contribution in [3.05, 3.63) is 61.5 Å². The molecule has 0 aromatic heterocycles. The number of nitrogens with zero attached hydrogens (tertiary/aromatic N) is 1. The third-order valence-corrected chi connectivity index (χ3v) is 3.98. The Bertz CT molecular complexity index is 720. The molecule has 7 heteroatoms. The van der Waals surface area contributed by atoms with Crippen LogP contribution in [-0.4, -0.2) is 17.2 Å². The molecule has 0 spiro atoms. The van der Waals surface area contributed by atoms with Gasteiger partial charge in [-0.2, -0.15) is 5.10 Å². The summed E-state index contributed by atoms with van der Waals surface area (Å²) in [5.74, 6) is -0.460. The van der Waals surface area contributed by atoms with Crippen molar-refractivity contribution in [2.45, 2.75) is 0 Å². The van der Waals surface area contributed by atoms with Crippen LogP contribution in [0.15, 0.2) is 50.4 Å². The van der Waals surface area contributed by atoms with Crippen LogP contribution in [0.1, 0.15) is 15.9 Å². The molecule has 2 rings (SSSR count). The number of nitrogens with one attached hydrogen (secondary N) is 1. The van der Waals surface area contributed by atoms with Crippen molar-refractivity contribution >= 4 is 55.6 Å². The Hall–Kier alpha value is -1.37. The van der Waals surface area contributed by atoms with Gasteiger partial charge in [-0.3, -0.25) is 4.79 Å². The summed E-state index contributed by atoms with van der Waals surface area (Å²) in [6, 6.07) is 10.2. The lowest BCUT2D eigenvalue weighted by molar-refractivity contribution is 0.0954. The molecule has 0 atom stereocenters. The van der Waals surface area contributed by atoms with Crippen molar-refractivity contribution in [2.24, 2.45) is 5.10 Å². The minimum absolute atomic E-state index is 0.0984. The summed E-state index contributed by atoms with van der Waals surface area (Å²) >= 11 is 12.4. The van der Waals surface area contributed by atoms with Crippen LogP contribution in [0.3, 0.4) is 0 Å². The van der Waals surface area contributed by atoms with E-state index in [0.29, 0.717) is 20.1 Å². The monoisotopic (exact) mass is 430 g/mol. The van der Waals surface area contributed by atoms with Crippen LogP contribution in [0.25, 0.3) is 0 Å². The largest absolute Gasteiger partial charge is 0.506 e. The van der Waals surface area contributed by atoms with E-state index in [1.807, 2.05) is 6.07 Å². The van der Waals surface area contributed by atoms with Crippen molar-refractivity contribution in [2.75, 3.05) is 0 Å². The first-order valence-electron chi connectivity index (χ1n) is 5.75. The second-order valence-electron chi connectivity index (χ2n) is 4.00. The molecule has 2 aromatic rings. The minimum atomic E-state index is -0.362. The summed E-state index contributed by atoms with van der Waals surface area (Å²) < 4.78 is 1.37. The highest BCUT2D eigenvalue weighted by atomic mass is 79.9. The number of phenolic OH excluding ortho intramolecular Hbond substituents is 1. The molecule has 0 bridgehead atoms. The molecule has 21 heavy (non-hydrogen) atoms. The third-order valence-electron chi connectivity index (χ3n) is 2.55. The van der Waals surface area contributed by atoms with E-state index in [1.54, 1.807) is 30.3 Å². The number of carbonyl (C=O) groups excluding carboxylic acids is 1. The number of halogens is 3. The SMILES string of the molecule is O=C(N/N=C\c1cc(Br)cc(Cl)c1O)c1ccccc1Br. The lowest BCUT2D eigenvalue weighted by Gasteiger charge is -2.04. The fraction of sp³-hybridized carbons (Fsp3) is 0. The van der Waals surface area contributed by atoms with Gasteiger partial charge < -0.3 is 5.11 Å². The van der Waals surface area contributed by atoms with E-state index in [9.17, 15) is 9.90 Å². The Morgan fingerprint density at radius 2 is 2.00 bits per heavy atom. The molecule has 0 heterocycles. The number of amides is 1. The summed E-state index contributed by atoms with van der Waals surface area (Å²) in [5.41, 5.74) is 3.24. The molecule has 0 radical (unpaired) electrons. The van der Waals surface area contributed by atoms with Crippen LogP contribution in [0, 0.1) is 0 Å². The van der Waals surface area contributed by atoms with E-state index in [2.05, 4.69) is 42.4 Å². The van der Waals surface area contributed by atoms with Crippen LogP contribution in [-0.2, 0) is 0 Å². The van der Waals surface area contributed by atoms with Gasteiger partial charge in [-0.05, 0) is 40.2 Å². The number of hydrazone groups is 1. The molecular weight excluding hydrogens is 423 g/mol. The smallest absolute Gasteiger partial charge is 0.272 e. The number of hydrogen-bond acceptors (Lipinski definition) is 3. The van der Waals surface area contributed by atoms with E-state index >= 15 is 0 Å². The van der Waals surface area contributed by atoms with E-state index < -0.39 is 0 Å². The fourth-order valence-electron chi connectivity index (χ4n) is 1.55. The number of aromatic hydroxyl groups is 1. The van der Waals surface area contributed by atoms with E-state index in [1.165, 1.54) is 6.21 Å². The molecule has 4 nitrogen and oxygen atoms in total. The molecule has 0 unspecified atom stereocenters. The van der Waals surface area contributed by atoms with Gasteiger partial charge in [-0.15, -0.1) is 0 Å². The zero-order chi connectivity index (χ0) is 15.4. The Balaban J connectivity index is 2.13. The highest BCUT2D eigenvalue weighted by molar-refractivity contribution is 9.10. The number of phenols is 1. The van der Waals surface area contributed by atoms with Gasteiger partial charge in [0.15, 0.2) is 0 Å². The van der Waals surface area contributed by atoms with Crippen LogP contribution in [0.2, 0.25) is 5.02 Å². The maximum absolute atomic E-state index is 11.9. The average molecular weight is 432 g/mol. The Morgan fingerprint density at radius 1 is 1.29 bits per heavy atom. The van der Waals surface area contributed by atoms with Crippen molar-refractivity contribution in [1.29, 1.82) is 0 Å². The average Bonchev–Trinajstić information content (AvgIpc) is 2.44. The molecule has 0 saturated carbocycles. The first-order valence-corrected chi connectivity index (χ1v) is 7.71. The summed E-state index contributed by atoms with van der Waals surface area (Å²) in [6.07, 6.45) is 1.32. The molecule has 0 saturated heterocycles. The van der Waals surface area contributed by atoms with Crippen molar-refractivity contribution in [3.63, 3.8) is 0 Å². The Morgan fingerprint density at radius 3 is 2.71 bits per heavy atom. The first-order chi connectivity index (χ1) is 9.99. The fourth-order valence-corrected chi connectivity index (χ4v) is 2.85. The summed E-state index contributed by atoms with van der Waals surface area (Å²) in [6.45, 7) is 0. The molecule has 2 N–H and O–H groups in total. The quantitative estimate of drug-likeness (QED) is 0.560. The Kier molecular flexibility index (Phi) is 5.39. The van der Waals surface area contributed by atoms with Gasteiger partial charge in [0.2, 0.25) is 0 Å². The molecule has 0 aliphatic heterocycles. The molecule has 108 valence electrons. The zero-order valence-electron chi connectivity index (χ0n) is 10.5. The zero-order valence-corrected chi connectivity index (χ0v) is 14.4. The summed E-state index contributed by atoms with van der Waals surface area (Å²) in [5, 5.41) is 13.8. The van der Waals surface area contributed by atoms with Crippen molar-refractivity contribution in [3.8, 4) is 5.75 Å². The highest BCUT2D eigenvalue weighted by Crippen LogP contribution is 2.30. The van der Waals surface area contributed by atoms with Crippen molar-refractivity contribution in [1.82, 2.24) is 5.43 Å². The van der Waals surface area contributed by atoms with Gasteiger partial charge in [-0.25, -0.2) is 5.43 Å². The van der Waals surface area contributed by atoms with Gasteiger partial charge in [0.25, 0.3) is 5.91 Å². The number of hydrogen-bond donors (Lipinski definition) is 2. The van der Waals surface area contributed by atoms with E-state index in [4.69, 9.17) is 11.6 Å². The molecule has 0 aliphatic rings. The second-order valence-corrected chi connectivity index (χ2v) is 6.18. The van der Waals surface area contributed by atoms with Gasteiger partial charge in [0.05, 0.1) is 16.8 Å². The lowest BCUT2D eigenvalue weighted by Crippen LogP contribution is -2.18.